The van der Waals surface area contributed by atoms with Crippen LogP contribution in [0.2, 0.25) is 0 Å². The molecule has 0 heterocycles. The summed E-state index contributed by atoms with van der Waals surface area (Å²) >= 11 is 0. The third-order valence-electron chi connectivity index (χ3n) is 3.03. The summed E-state index contributed by atoms with van der Waals surface area (Å²) in [4.78, 5) is 23.5. The van der Waals surface area contributed by atoms with Crippen molar-refractivity contribution < 1.29 is 14.3 Å². The average Bonchev–Trinajstić information content (AvgIpc) is 2.54. The molecule has 0 saturated carbocycles. The van der Waals surface area contributed by atoms with Crippen LogP contribution in [0.15, 0.2) is 42.5 Å². The van der Waals surface area contributed by atoms with Crippen LogP contribution in [0, 0.1) is 0 Å². The summed E-state index contributed by atoms with van der Waals surface area (Å²) in [7, 11) is 1.31. The number of rotatable bonds is 4. The number of methoxy groups -OCH3 is 1. The summed E-state index contributed by atoms with van der Waals surface area (Å²) in [5.41, 5.74) is 10.5. The second-order valence-corrected chi connectivity index (χ2v) is 4.47. The largest absolute Gasteiger partial charge is 0.465 e. The van der Waals surface area contributed by atoms with E-state index in [2.05, 4.69) is 15.5 Å². The molecule has 114 valence electrons. The molecule has 2 rings (SSSR count). The fourth-order valence-electron chi connectivity index (χ4n) is 1.85. The first-order chi connectivity index (χ1) is 10.5. The molecule has 0 aliphatic heterocycles. The second kappa shape index (κ2) is 6.59. The highest BCUT2D eigenvalue weighted by Gasteiger charge is 2.09. The summed E-state index contributed by atoms with van der Waals surface area (Å²) in [6.07, 6.45) is 0. The lowest BCUT2D eigenvalue weighted by molar-refractivity contribution is 0.0600. The van der Waals surface area contributed by atoms with Crippen molar-refractivity contribution in [3.63, 3.8) is 0 Å². The van der Waals surface area contributed by atoms with Crippen molar-refractivity contribution in [1.29, 1.82) is 0 Å². The molecule has 7 nitrogen and oxygen atoms in total. The minimum Gasteiger partial charge on any atom is -0.465 e. The molecule has 0 radical (unpaired) electrons. The highest BCUT2D eigenvalue weighted by molar-refractivity contribution is 6.05. The maximum absolute atomic E-state index is 12.1. The lowest BCUT2D eigenvalue weighted by Gasteiger charge is -2.09. The number of benzene rings is 2. The first-order valence-electron chi connectivity index (χ1n) is 6.41. The van der Waals surface area contributed by atoms with Crippen molar-refractivity contribution in [3.05, 3.63) is 53.6 Å². The lowest BCUT2D eigenvalue weighted by atomic mass is 10.1. The van der Waals surface area contributed by atoms with Gasteiger partial charge in [-0.3, -0.25) is 10.6 Å². The van der Waals surface area contributed by atoms with E-state index >= 15 is 0 Å². The normalized spacial score (nSPS) is 9.91. The number of hydrazine groups is 1. The van der Waals surface area contributed by atoms with Crippen LogP contribution in [0.4, 0.5) is 17.1 Å². The molecule has 7 heteroatoms. The molecule has 0 aromatic heterocycles. The number of anilines is 3. The number of nitrogens with two attached hydrogens (primary N) is 2. The Hall–Kier alpha value is -3.06. The third-order valence-corrected chi connectivity index (χ3v) is 3.03. The number of hydrogen-bond donors (Lipinski definition) is 4. The molecular weight excluding hydrogens is 284 g/mol. The standard InChI is InChI=1S/C15H16N4O3/c1-22-15(21)9-2-5-11(6-3-9)18-14(20)10-4-7-13(19-17)12(16)8-10/h2-8,19H,16-17H2,1H3,(H,18,20). The minimum atomic E-state index is -0.435. The predicted octanol–water partition coefficient (Wildman–Crippen LogP) is 1.59. The highest BCUT2D eigenvalue weighted by Crippen LogP contribution is 2.19. The van der Waals surface area contributed by atoms with E-state index in [1.807, 2.05) is 0 Å². The van der Waals surface area contributed by atoms with Gasteiger partial charge < -0.3 is 21.2 Å². The van der Waals surface area contributed by atoms with E-state index in [4.69, 9.17) is 11.6 Å². The number of hydrogen-bond acceptors (Lipinski definition) is 6. The summed E-state index contributed by atoms with van der Waals surface area (Å²) in [6, 6.07) is 11.1. The van der Waals surface area contributed by atoms with E-state index in [1.165, 1.54) is 13.2 Å². The number of nitrogen functional groups attached to an aromatic ring is 2. The molecule has 0 aliphatic carbocycles. The molecule has 0 saturated heterocycles. The van der Waals surface area contributed by atoms with Crippen molar-refractivity contribution in [3.8, 4) is 0 Å². The van der Waals surface area contributed by atoms with Gasteiger partial charge in [-0.25, -0.2) is 4.79 Å². The van der Waals surface area contributed by atoms with Gasteiger partial charge in [0.2, 0.25) is 0 Å². The first-order valence-corrected chi connectivity index (χ1v) is 6.41. The Bertz CT molecular complexity index is 698. The van der Waals surface area contributed by atoms with E-state index in [1.54, 1.807) is 36.4 Å². The van der Waals surface area contributed by atoms with Crippen LogP contribution in [0.1, 0.15) is 20.7 Å². The Balaban J connectivity index is 2.11. The summed E-state index contributed by atoms with van der Waals surface area (Å²) in [5.74, 6) is 4.53. The molecule has 0 aliphatic rings. The van der Waals surface area contributed by atoms with Gasteiger partial charge in [-0.05, 0) is 42.5 Å². The van der Waals surface area contributed by atoms with Crippen LogP contribution in [0.5, 0.6) is 0 Å². The van der Waals surface area contributed by atoms with Gasteiger partial charge in [0.05, 0.1) is 24.0 Å². The fourth-order valence-corrected chi connectivity index (χ4v) is 1.85. The van der Waals surface area contributed by atoms with Gasteiger partial charge in [-0.1, -0.05) is 0 Å². The third kappa shape index (κ3) is 3.33. The second-order valence-electron chi connectivity index (χ2n) is 4.47. The molecule has 6 N–H and O–H groups in total. The smallest absolute Gasteiger partial charge is 0.337 e. The van der Waals surface area contributed by atoms with E-state index < -0.39 is 5.97 Å². The van der Waals surface area contributed by atoms with E-state index in [9.17, 15) is 9.59 Å². The zero-order chi connectivity index (χ0) is 16.1. The SMILES string of the molecule is COC(=O)c1ccc(NC(=O)c2ccc(NN)c(N)c2)cc1. The molecule has 2 aromatic carbocycles. The number of nitrogens with one attached hydrogen (secondary N) is 2. The van der Waals surface area contributed by atoms with Crippen LogP contribution < -0.4 is 22.3 Å². The number of amides is 1. The molecule has 0 bridgehead atoms. The van der Waals surface area contributed by atoms with Crippen molar-refractivity contribution in [2.45, 2.75) is 0 Å². The van der Waals surface area contributed by atoms with Crippen LogP contribution in [0.3, 0.4) is 0 Å². The molecule has 22 heavy (non-hydrogen) atoms. The fraction of sp³-hybridized carbons (Fsp3) is 0.0667. The maximum atomic E-state index is 12.1. The molecular formula is C15H16N4O3. The Morgan fingerprint density at radius 1 is 1.05 bits per heavy atom. The minimum absolute atomic E-state index is 0.318. The molecule has 0 fully saturated rings. The summed E-state index contributed by atoms with van der Waals surface area (Å²) in [5, 5.41) is 2.71. The maximum Gasteiger partial charge on any atom is 0.337 e. The van der Waals surface area contributed by atoms with Crippen LogP contribution in [-0.2, 0) is 4.74 Å². The molecule has 0 unspecified atom stereocenters. The predicted molar refractivity (Wildman–Crippen MR) is 84.4 cm³/mol. The first kappa shape index (κ1) is 15.3. The number of ether oxygens (including phenoxy) is 1. The summed E-state index contributed by atoms with van der Waals surface area (Å²) in [6.45, 7) is 0. The average molecular weight is 300 g/mol. The Morgan fingerprint density at radius 2 is 1.68 bits per heavy atom. The topological polar surface area (TPSA) is 119 Å². The number of carbonyl (C=O) groups is 2. The Morgan fingerprint density at radius 3 is 2.23 bits per heavy atom. The molecule has 1 amide bonds. The highest BCUT2D eigenvalue weighted by atomic mass is 16.5. The van der Waals surface area contributed by atoms with Crippen LogP contribution in [-0.4, -0.2) is 19.0 Å². The van der Waals surface area contributed by atoms with Crippen molar-refractivity contribution in [2.75, 3.05) is 23.6 Å². The van der Waals surface area contributed by atoms with Gasteiger partial charge in [0, 0.05) is 11.3 Å². The zero-order valence-corrected chi connectivity index (χ0v) is 11.9. The lowest BCUT2D eigenvalue weighted by Crippen LogP contribution is -2.14. The van der Waals surface area contributed by atoms with Gasteiger partial charge >= 0.3 is 5.97 Å². The van der Waals surface area contributed by atoms with E-state index in [0.29, 0.717) is 28.2 Å². The van der Waals surface area contributed by atoms with E-state index in [0.717, 1.165) is 0 Å². The molecule has 0 spiro atoms. The number of carbonyl (C=O) groups excluding carboxylic acids is 2. The van der Waals surface area contributed by atoms with Crippen molar-refractivity contribution in [2.24, 2.45) is 5.84 Å². The van der Waals surface area contributed by atoms with Crippen molar-refractivity contribution in [1.82, 2.24) is 0 Å². The zero-order valence-electron chi connectivity index (χ0n) is 11.9. The van der Waals surface area contributed by atoms with Gasteiger partial charge in [0.1, 0.15) is 0 Å². The summed E-state index contributed by atoms with van der Waals surface area (Å²) < 4.78 is 4.61. The number of esters is 1. The van der Waals surface area contributed by atoms with Gasteiger partial charge in [-0.15, -0.1) is 0 Å². The van der Waals surface area contributed by atoms with Gasteiger partial charge in [0.15, 0.2) is 0 Å². The van der Waals surface area contributed by atoms with Crippen molar-refractivity contribution >= 4 is 28.9 Å². The quantitative estimate of drug-likeness (QED) is 0.295. The van der Waals surface area contributed by atoms with Crippen LogP contribution in [0.25, 0.3) is 0 Å². The Kier molecular flexibility index (Phi) is 4.60. The van der Waals surface area contributed by atoms with Crippen LogP contribution >= 0.6 is 0 Å². The Labute approximate surface area is 127 Å². The van der Waals surface area contributed by atoms with Gasteiger partial charge in [0.25, 0.3) is 5.91 Å². The van der Waals surface area contributed by atoms with Gasteiger partial charge in [-0.2, -0.15) is 0 Å². The van der Waals surface area contributed by atoms with E-state index in [-0.39, 0.29) is 5.91 Å². The monoisotopic (exact) mass is 300 g/mol. The molecule has 2 aromatic rings. The molecule has 0 atom stereocenters.